The van der Waals surface area contributed by atoms with Gasteiger partial charge in [0.2, 0.25) is 0 Å². The van der Waals surface area contributed by atoms with Crippen LogP contribution in [0.5, 0.6) is 0 Å². The minimum absolute atomic E-state index is 0.174. The van der Waals surface area contributed by atoms with Crippen LogP contribution in [0.3, 0.4) is 0 Å². The highest BCUT2D eigenvalue weighted by molar-refractivity contribution is 4.79. The van der Waals surface area contributed by atoms with Crippen LogP contribution in [0.1, 0.15) is 19.8 Å². The highest BCUT2D eigenvalue weighted by Crippen LogP contribution is 2.28. The molecular formula is C10H21NO3. The van der Waals surface area contributed by atoms with Crippen molar-refractivity contribution in [2.24, 2.45) is 5.41 Å². The van der Waals surface area contributed by atoms with Crippen LogP contribution in [0.4, 0.5) is 0 Å². The molecule has 1 saturated heterocycles. The van der Waals surface area contributed by atoms with Crippen molar-refractivity contribution in [1.29, 1.82) is 0 Å². The third-order valence-electron chi connectivity index (χ3n) is 2.84. The van der Waals surface area contributed by atoms with E-state index in [1.54, 1.807) is 0 Å². The summed E-state index contributed by atoms with van der Waals surface area (Å²) in [6, 6.07) is 0. The molecular weight excluding hydrogens is 182 g/mol. The van der Waals surface area contributed by atoms with Gasteiger partial charge in [0.25, 0.3) is 0 Å². The lowest BCUT2D eigenvalue weighted by atomic mass is 9.82. The number of ether oxygens (including phenoxy) is 1. The van der Waals surface area contributed by atoms with E-state index in [4.69, 9.17) is 14.9 Å². The van der Waals surface area contributed by atoms with Gasteiger partial charge in [-0.1, -0.05) is 6.92 Å². The van der Waals surface area contributed by atoms with Crippen molar-refractivity contribution in [1.82, 2.24) is 5.32 Å². The number of aliphatic hydroxyl groups excluding tert-OH is 2. The Morgan fingerprint density at radius 2 is 2.07 bits per heavy atom. The largest absolute Gasteiger partial charge is 0.394 e. The smallest absolute Gasteiger partial charge is 0.0894 e. The lowest BCUT2D eigenvalue weighted by molar-refractivity contribution is 0.0213. The molecule has 0 aromatic carbocycles. The molecule has 1 aliphatic rings. The van der Waals surface area contributed by atoms with Gasteiger partial charge in [-0.25, -0.2) is 0 Å². The Kier molecular flexibility index (Phi) is 4.81. The maximum Gasteiger partial charge on any atom is 0.0894 e. The zero-order valence-electron chi connectivity index (χ0n) is 8.83. The van der Waals surface area contributed by atoms with Crippen LogP contribution in [0, 0.1) is 5.41 Å². The first-order chi connectivity index (χ1) is 6.66. The molecule has 3 N–H and O–H groups in total. The summed E-state index contributed by atoms with van der Waals surface area (Å²) >= 11 is 0. The normalized spacial score (nSPS) is 23.4. The highest BCUT2D eigenvalue weighted by atomic mass is 16.5. The first-order valence-electron chi connectivity index (χ1n) is 5.24. The fraction of sp³-hybridized carbons (Fsp3) is 1.00. The first kappa shape index (κ1) is 11.9. The van der Waals surface area contributed by atoms with Crippen LogP contribution in [-0.4, -0.2) is 49.2 Å². The quantitative estimate of drug-likeness (QED) is 0.576. The minimum atomic E-state index is -0.640. The van der Waals surface area contributed by atoms with Gasteiger partial charge in [-0.3, -0.25) is 0 Å². The molecule has 0 aromatic heterocycles. The number of hydrogen-bond acceptors (Lipinski definition) is 4. The fourth-order valence-corrected chi connectivity index (χ4v) is 1.65. The van der Waals surface area contributed by atoms with Gasteiger partial charge in [0.05, 0.1) is 12.7 Å². The number of nitrogens with one attached hydrogen (secondary N) is 1. The van der Waals surface area contributed by atoms with E-state index in [9.17, 15) is 0 Å². The van der Waals surface area contributed by atoms with E-state index in [1.807, 2.05) is 0 Å². The molecule has 0 aliphatic carbocycles. The molecule has 0 saturated carbocycles. The average Bonchev–Trinajstić information content (AvgIpc) is 2.18. The van der Waals surface area contributed by atoms with Crippen molar-refractivity contribution < 1.29 is 14.9 Å². The number of hydrogen-bond donors (Lipinski definition) is 3. The monoisotopic (exact) mass is 203 g/mol. The first-order valence-corrected chi connectivity index (χ1v) is 5.24. The van der Waals surface area contributed by atoms with E-state index in [0.29, 0.717) is 6.54 Å². The third-order valence-corrected chi connectivity index (χ3v) is 2.84. The summed E-state index contributed by atoms with van der Waals surface area (Å²) in [6.45, 7) is 5.07. The SMILES string of the molecule is CC1(CNC[C@H](O)CO)CCOCC1. The zero-order valence-corrected chi connectivity index (χ0v) is 8.83. The van der Waals surface area contributed by atoms with Gasteiger partial charge in [-0.05, 0) is 18.3 Å². The molecule has 1 fully saturated rings. The Balaban J connectivity index is 2.15. The van der Waals surface area contributed by atoms with Crippen molar-refractivity contribution in [2.45, 2.75) is 25.9 Å². The molecule has 4 heteroatoms. The lowest BCUT2D eigenvalue weighted by Crippen LogP contribution is -2.40. The van der Waals surface area contributed by atoms with Crippen LogP contribution in [0.15, 0.2) is 0 Å². The zero-order chi connectivity index (χ0) is 10.4. The topological polar surface area (TPSA) is 61.7 Å². The van der Waals surface area contributed by atoms with Gasteiger partial charge in [-0.15, -0.1) is 0 Å². The van der Waals surface area contributed by atoms with Gasteiger partial charge < -0.3 is 20.3 Å². The number of rotatable bonds is 5. The summed E-state index contributed by atoms with van der Waals surface area (Å²) < 4.78 is 5.30. The van der Waals surface area contributed by atoms with E-state index >= 15 is 0 Å². The molecule has 0 amide bonds. The fourth-order valence-electron chi connectivity index (χ4n) is 1.65. The van der Waals surface area contributed by atoms with Crippen molar-refractivity contribution in [3.63, 3.8) is 0 Å². The van der Waals surface area contributed by atoms with E-state index in [1.165, 1.54) is 0 Å². The molecule has 1 rings (SSSR count). The van der Waals surface area contributed by atoms with Crippen molar-refractivity contribution >= 4 is 0 Å². The lowest BCUT2D eigenvalue weighted by Gasteiger charge is -2.33. The highest BCUT2D eigenvalue weighted by Gasteiger charge is 2.26. The third kappa shape index (κ3) is 3.92. The van der Waals surface area contributed by atoms with Crippen LogP contribution < -0.4 is 5.32 Å². The Morgan fingerprint density at radius 1 is 1.43 bits per heavy atom. The summed E-state index contributed by atoms with van der Waals surface area (Å²) in [6.07, 6.45) is 1.49. The standard InChI is InChI=1S/C10H21NO3/c1-10(2-4-14-5-3-10)8-11-6-9(13)7-12/h9,11-13H,2-8H2,1H3/t9-/m0/s1. The second kappa shape index (κ2) is 5.66. The summed E-state index contributed by atoms with van der Waals surface area (Å²) in [5, 5.41) is 20.9. The summed E-state index contributed by atoms with van der Waals surface area (Å²) in [5.41, 5.74) is 0.285. The maximum absolute atomic E-state index is 9.13. The second-order valence-electron chi connectivity index (χ2n) is 4.39. The predicted octanol–water partition coefficient (Wildman–Crippen LogP) is -0.254. The Bertz CT molecular complexity index is 157. The molecule has 0 spiro atoms. The number of aliphatic hydroxyl groups is 2. The van der Waals surface area contributed by atoms with E-state index in [0.717, 1.165) is 32.6 Å². The van der Waals surface area contributed by atoms with Crippen LogP contribution in [-0.2, 0) is 4.74 Å². The molecule has 4 nitrogen and oxygen atoms in total. The van der Waals surface area contributed by atoms with Crippen LogP contribution in [0.25, 0.3) is 0 Å². The van der Waals surface area contributed by atoms with E-state index in [2.05, 4.69) is 12.2 Å². The van der Waals surface area contributed by atoms with E-state index < -0.39 is 6.10 Å². The van der Waals surface area contributed by atoms with Crippen molar-refractivity contribution in [2.75, 3.05) is 32.9 Å². The van der Waals surface area contributed by atoms with Crippen LogP contribution >= 0.6 is 0 Å². The van der Waals surface area contributed by atoms with Crippen molar-refractivity contribution in [3.05, 3.63) is 0 Å². The molecule has 1 heterocycles. The molecule has 0 unspecified atom stereocenters. The second-order valence-corrected chi connectivity index (χ2v) is 4.39. The minimum Gasteiger partial charge on any atom is -0.394 e. The average molecular weight is 203 g/mol. The molecule has 1 aliphatic heterocycles. The summed E-state index contributed by atoms with van der Waals surface area (Å²) in [4.78, 5) is 0. The van der Waals surface area contributed by atoms with Gasteiger partial charge in [0.1, 0.15) is 0 Å². The predicted molar refractivity (Wildman–Crippen MR) is 54.1 cm³/mol. The van der Waals surface area contributed by atoms with Gasteiger partial charge in [0.15, 0.2) is 0 Å². The maximum atomic E-state index is 9.13. The summed E-state index contributed by atoms with van der Waals surface area (Å²) in [5.74, 6) is 0. The van der Waals surface area contributed by atoms with Crippen LogP contribution in [0.2, 0.25) is 0 Å². The van der Waals surface area contributed by atoms with Gasteiger partial charge in [-0.2, -0.15) is 0 Å². The molecule has 0 bridgehead atoms. The Morgan fingerprint density at radius 3 is 2.64 bits per heavy atom. The molecule has 0 radical (unpaired) electrons. The Labute approximate surface area is 85.3 Å². The molecule has 0 aromatic rings. The van der Waals surface area contributed by atoms with Crippen molar-refractivity contribution in [3.8, 4) is 0 Å². The molecule has 1 atom stereocenters. The molecule has 84 valence electrons. The Hall–Kier alpha value is -0.160. The van der Waals surface area contributed by atoms with Gasteiger partial charge >= 0.3 is 0 Å². The molecule has 14 heavy (non-hydrogen) atoms. The summed E-state index contributed by atoms with van der Waals surface area (Å²) in [7, 11) is 0. The van der Waals surface area contributed by atoms with E-state index in [-0.39, 0.29) is 12.0 Å². The van der Waals surface area contributed by atoms with Gasteiger partial charge in [0, 0.05) is 26.3 Å².